The maximum atomic E-state index is 11.2. The number of nitro benzene ring substituents is 1. The van der Waals surface area contributed by atoms with Gasteiger partial charge in [0.1, 0.15) is 12.2 Å². The monoisotopic (exact) mass is 239 g/mol. The first kappa shape index (κ1) is 12.4. The number of carboxylic acids is 1. The Balaban J connectivity index is 2.71. The highest BCUT2D eigenvalue weighted by molar-refractivity contribution is 5.93. The molecule has 0 radical (unpaired) electrons. The Morgan fingerprint density at radius 1 is 1.35 bits per heavy atom. The van der Waals surface area contributed by atoms with Crippen LogP contribution in [0.15, 0.2) is 24.3 Å². The smallest absolute Gasteiger partial charge is 0.323 e. The SMILES string of the molecule is O=C(O)CNC(=O)Nc1ccccc1[N+](=O)[O-]. The van der Waals surface area contributed by atoms with Crippen LogP contribution in [0.25, 0.3) is 0 Å². The summed E-state index contributed by atoms with van der Waals surface area (Å²) in [5.74, 6) is -1.21. The third-order valence-electron chi connectivity index (χ3n) is 1.75. The molecule has 1 aromatic carbocycles. The second-order valence-electron chi connectivity index (χ2n) is 2.98. The summed E-state index contributed by atoms with van der Waals surface area (Å²) in [6.45, 7) is -0.563. The van der Waals surface area contributed by atoms with Crippen molar-refractivity contribution in [2.75, 3.05) is 11.9 Å². The number of anilines is 1. The molecule has 0 aromatic heterocycles. The maximum absolute atomic E-state index is 11.2. The minimum atomic E-state index is -1.21. The topological polar surface area (TPSA) is 122 Å². The molecule has 0 heterocycles. The van der Waals surface area contributed by atoms with Gasteiger partial charge in [-0.15, -0.1) is 0 Å². The highest BCUT2D eigenvalue weighted by atomic mass is 16.6. The molecule has 1 aromatic rings. The normalized spacial score (nSPS) is 9.41. The van der Waals surface area contributed by atoms with Gasteiger partial charge in [-0.25, -0.2) is 4.79 Å². The summed E-state index contributed by atoms with van der Waals surface area (Å²) in [5.41, 5.74) is -0.265. The molecule has 0 saturated carbocycles. The van der Waals surface area contributed by atoms with Gasteiger partial charge in [0.05, 0.1) is 4.92 Å². The number of rotatable bonds is 4. The third kappa shape index (κ3) is 3.78. The number of carbonyl (C=O) groups excluding carboxylic acids is 1. The largest absolute Gasteiger partial charge is 0.480 e. The van der Waals surface area contributed by atoms with E-state index >= 15 is 0 Å². The summed E-state index contributed by atoms with van der Waals surface area (Å²) in [6, 6.07) is 4.73. The minimum Gasteiger partial charge on any atom is -0.480 e. The number of nitrogens with zero attached hydrogens (tertiary/aromatic N) is 1. The molecular weight excluding hydrogens is 230 g/mol. The van der Waals surface area contributed by atoms with Crippen molar-refractivity contribution in [1.82, 2.24) is 5.32 Å². The lowest BCUT2D eigenvalue weighted by molar-refractivity contribution is -0.383. The molecule has 0 fully saturated rings. The summed E-state index contributed by atoms with van der Waals surface area (Å²) in [5, 5.41) is 23.1. The molecular formula is C9H9N3O5. The number of nitro groups is 1. The van der Waals surface area contributed by atoms with Gasteiger partial charge in [-0.2, -0.15) is 0 Å². The Morgan fingerprint density at radius 2 is 2.00 bits per heavy atom. The molecule has 0 aliphatic carbocycles. The first-order chi connectivity index (χ1) is 8.00. The van der Waals surface area contributed by atoms with E-state index in [9.17, 15) is 19.7 Å². The van der Waals surface area contributed by atoms with Crippen molar-refractivity contribution >= 4 is 23.4 Å². The quantitative estimate of drug-likeness (QED) is 0.530. The molecule has 0 bridgehead atoms. The highest BCUT2D eigenvalue weighted by Gasteiger charge is 2.14. The average molecular weight is 239 g/mol. The molecule has 0 atom stereocenters. The zero-order chi connectivity index (χ0) is 12.8. The molecule has 17 heavy (non-hydrogen) atoms. The first-order valence-corrected chi connectivity index (χ1v) is 4.51. The molecule has 0 aliphatic rings. The Labute approximate surface area is 95.4 Å². The van der Waals surface area contributed by atoms with Gasteiger partial charge in [0, 0.05) is 6.07 Å². The summed E-state index contributed by atoms with van der Waals surface area (Å²) in [7, 11) is 0. The van der Waals surface area contributed by atoms with E-state index in [2.05, 4.69) is 5.32 Å². The average Bonchev–Trinajstić information content (AvgIpc) is 2.27. The minimum absolute atomic E-state index is 0.000360. The van der Waals surface area contributed by atoms with E-state index in [-0.39, 0.29) is 11.4 Å². The predicted octanol–water partition coefficient (Wildman–Crippen LogP) is 0.801. The first-order valence-electron chi connectivity index (χ1n) is 4.51. The van der Waals surface area contributed by atoms with Crippen molar-refractivity contribution in [2.45, 2.75) is 0 Å². The Morgan fingerprint density at radius 3 is 2.59 bits per heavy atom. The van der Waals surface area contributed by atoms with Crippen molar-refractivity contribution in [2.24, 2.45) is 0 Å². The Bertz CT molecular complexity index is 460. The zero-order valence-corrected chi connectivity index (χ0v) is 8.54. The van der Waals surface area contributed by atoms with E-state index in [0.29, 0.717) is 0 Å². The standard InChI is InChI=1S/C9H9N3O5/c13-8(14)5-10-9(15)11-6-3-1-2-4-7(6)12(16)17/h1-4H,5H2,(H,13,14)(H2,10,11,15). The molecule has 8 nitrogen and oxygen atoms in total. The Kier molecular flexibility index (Phi) is 3.98. The summed E-state index contributed by atoms with van der Waals surface area (Å²) in [4.78, 5) is 31.3. The fourth-order valence-electron chi connectivity index (χ4n) is 1.06. The predicted molar refractivity (Wildman–Crippen MR) is 57.8 cm³/mol. The molecule has 0 saturated heterocycles. The number of carbonyl (C=O) groups is 2. The van der Waals surface area contributed by atoms with Crippen LogP contribution in [0, 0.1) is 10.1 Å². The lowest BCUT2D eigenvalue weighted by Gasteiger charge is -2.05. The maximum Gasteiger partial charge on any atom is 0.323 e. The summed E-state index contributed by atoms with van der Waals surface area (Å²) < 4.78 is 0. The van der Waals surface area contributed by atoms with Crippen LogP contribution in [0.2, 0.25) is 0 Å². The van der Waals surface area contributed by atoms with Crippen molar-refractivity contribution in [3.8, 4) is 0 Å². The van der Waals surface area contributed by atoms with Gasteiger partial charge in [0.25, 0.3) is 5.69 Å². The molecule has 3 N–H and O–H groups in total. The van der Waals surface area contributed by atoms with Crippen LogP contribution >= 0.6 is 0 Å². The van der Waals surface area contributed by atoms with Crippen molar-refractivity contribution < 1.29 is 19.6 Å². The van der Waals surface area contributed by atoms with Gasteiger partial charge in [0.15, 0.2) is 0 Å². The number of aliphatic carboxylic acids is 1. The van der Waals surface area contributed by atoms with E-state index in [0.717, 1.165) is 0 Å². The van der Waals surface area contributed by atoms with Crippen LogP contribution in [-0.2, 0) is 4.79 Å². The number of amides is 2. The fourth-order valence-corrected chi connectivity index (χ4v) is 1.06. The number of benzene rings is 1. The van der Waals surface area contributed by atoms with Gasteiger partial charge in [-0.3, -0.25) is 14.9 Å². The van der Waals surface area contributed by atoms with Crippen molar-refractivity contribution in [3.63, 3.8) is 0 Å². The molecule has 1 rings (SSSR count). The second kappa shape index (κ2) is 5.45. The van der Waals surface area contributed by atoms with Crippen LogP contribution in [0.3, 0.4) is 0 Å². The number of para-hydroxylation sites is 2. The van der Waals surface area contributed by atoms with Crippen LogP contribution in [-0.4, -0.2) is 28.6 Å². The third-order valence-corrected chi connectivity index (χ3v) is 1.75. The molecule has 0 spiro atoms. The number of urea groups is 1. The zero-order valence-electron chi connectivity index (χ0n) is 8.54. The lowest BCUT2D eigenvalue weighted by Crippen LogP contribution is -2.33. The van der Waals surface area contributed by atoms with Crippen LogP contribution < -0.4 is 10.6 Å². The van der Waals surface area contributed by atoms with Gasteiger partial charge < -0.3 is 15.7 Å². The van der Waals surface area contributed by atoms with E-state index in [4.69, 9.17) is 5.11 Å². The molecule has 8 heteroatoms. The number of hydrogen-bond acceptors (Lipinski definition) is 4. The van der Waals surface area contributed by atoms with E-state index in [1.165, 1.54) is 24.3 Å². The van der Waals surface area contributed by atoms with Gasteiger partial charge >= 0.3 is 12.0 Å². The van der Waals surface area contributed by atoms with Crippen LogP contribution in [0.5, 0.6) is 0 Å². The number of hydrogen-bond donors (Lipinski definition) is 3. The second-order valence-corrected chi connectivity index (χ2v) is 2.98. The summed E-state index contributed by atoms with van der Waals surface area (Å²) in [6.07, 6.45) is 0. The van der Waals surface area contributed by atoms with Crippen LogP contribution in [0.1, 0.15) is 0 Å². The fraction of sp³-hybridized carbons (Fsp3) is 0.111. The summed E-state index contributed by atoms with van der Waals surface area (Å²) >= 11 is 0. The number of nitrogens with one attached hydrogen (secondary N) is 2. The highest BCUT2D eigenvalue weighted by Crippen LogP contribution is 2.22. The Hall–Kier alpha value is -2.64. The van der Waals surface area contributed by atoms with Gasteiger partial charge in [-0.05, 0) is 6.07 Å². The van der Waals surface area contributed by atoms with Gasteiger partial charge in [-0.1, -0.05) is 12.1 Å². The van der Waals surface area contributed by atoms with Gasteiger partial charge in [0.2, 0.25) is 0 Å². The molecule has 2 amide bonds. The molecule has 0 unspecified atom stereocenters. The van der Waals surface area contributed by atoms with Crippen molar-refractivity contribution in [3.05, 3.63) is 34.4 Å². The molecule has 0 aliphatic heterocycles. The van der Waals surface area contributed by atoms with E-state index < -0.39 is 23.5 Å². The number of carboxylic acid groups (broad SMARTS) is 1. The lowest BCUT2D eigenvalue weighted by atomic mass is 10.3. The van der Waals surface area contributed by atoms with E-state index in [1.807, 2.05) is 5.32 Å². The van der Waals surface area contributed by atoms with Crippen LogP contribution in [0.4, 0.5) is 16.2 Å². The van der Waals surface area contributed by atoms with Crippen molar-refractivity contribution in [1.29, 1.82) is 0 Å². The molecule has 90 valence electrons. The van der Waals surface area contributed by atoms with E-state index in [1.54, 1.807) is 0 Å².